The number of nitrogens with zero attached hydrogens (tertiary/aromatic N) is 2. The number of rotatable bonds is 6. The molecule has 4 rings (SSSR count). The minimum Gasteiger partial charge on any atom is -0.308 e. The molecule has 3 aromatic carbocycles. The Labute approximate surface area is 166 Å². The molecule has 1 aromatic heterocycles. The van der Waals surface area contributed by atoms with Crippen molar-refractivity contribution in [3.8, 4) is 16.9 Å². The summed E-state index contributed by atoms with van der Waals surface area (Å²) in [6.07, 6.45) is 2.12. The van der Waals surface area contributed by atoms with Gasteiger partial charge in [0.05, 0.1) is 11.4 Å². The van der Waals surface area contributed by atoms with Gasteiger partial charge < -0.3 is 5.32 Å². The van der Waals surface area contributed by atoms with Gasteiger partial charge in [-0.25, -0.2) is 4.68 Å². The highest BCUT2D eigenvalue weighted by Crippen LogP contribution is 2.23. The standard InChI is InChI=1S/C23H21N3.ClH/c1-4-10-19(11-5-1)16-24-17-21-18-26(22-14-8-3-9-15-22)25-23(21)20-12-6-2-7-13-20;/h1-15,18,24H,16-17H2;1H. The van der Waals surface area contributed by atoms with Crippen molar-refractivity contribution in [3.63, 3.8) is 0 Å². The number of benzene rings is 3. The summed E-state index contributed by atoms with van der Waals surface area (Å²) < 4.78 is 1.96. The Morgan fingerprint density at radius 1 is 0.704 bits per heavy atom. The Bertz CT molecular complexity index is 951. The Morgan fingerprint density at radius 2 is 1.30 bits per heavy atom. The van der Waals surface area contributed by atoms with Gasteiger partial charge in [-0.15, -0.1) is 12.4 Å². The van der Waals surface area contributed by atoms with Crippen molar-refractivity contribution in [1.29, 1.82) is 0 Å². The number of hydrogen-bond acceptors (Lipinski definition) is 2. The molecule has 0 aliphatic carbocycles. The highest BCUT2D eigenvalue weighted by Gasteiger charge is 2.11. The summed E-state index contributed by atoms with van der Waals surface area (Å²) in [6.45, 7) is 1.61. The molecule has 1 N–H and O–H groups in total. The Morgan fingerprint density at radius 3 is 1.96 bits per heavy atom. The molecule has 4 aromatic rings. The van der Waals surface area contributed by atoms with E-state index in [2.05, 4.69) is 72.2 Å². The minimum absolute atomic E-state index is 0. The first-order valence-electron chi connectivity index (χ1n) is 8.84. The molecule has 0 saturated heterocycles. The largest absolute Gasteiger partial charge is 0.308 e. The molecule has 4 heteroatoms. The monoisotopic (exact) mass is 375 g/mol. The summed E-state index contributed by atoms with van der Waals surface area (Å²) in [5.74, 6) is 0. The number of aromatic nitrogens is 2. The summed E-state index contributed by atoms with van der Waals surface area (Å²) in [6, 6.07) is 31.0. The van der Waals surface area contributed by atoms with Gasteiger partial charge in [0.25, 0.3) is 0 Å². The van der Waals surface area contributed by atoms with Gasteiger partial charge in [-0.3, -0.25) is 0 Å². The van der Waals surface area contributed by atoms with Gasteiger partial charge in [-0.05, 0) is 17.7 Å². The van der Waals surface area contributed by atoms with Gasteiger partial charge in [0.15, 0.2) is 0 Å². The third-order valence-electron chi connectivity index (χ3n) is 4.35. The van der Waals surface area contributed by atoms with Crippen molar-refractivity contribution in [2.75, 3.05) is 0 Å². The van der Waals surface area contributed by atoms with Crippen molar-refractivity contribution < 1.29 is 0 Å². The lowest BCUT2D eigenvalue weighted by Crippen LogP contribution is -2.12. The van der Waals surface area contributed by atoms with Crippen LogP contribution in [0.5, 0.6) is 0 Å². The van der Waals surface area contributed by atoms with Crippen LogP contribution in [0, 0.1) is 0 Å². The number of nitrogens with one attached hydrogen (secondary N) is 1. The average molecular weight is 376 g/mol. The molecule has 27 heavy (non-hydrogen) atoms. The maximum Gasteiger partial charge on any atom is 0.0972 e. The van der Waals surface area contributed by atoms with E-state index in [0.29, 0.717) is 0 Å². The van der Waals surface area contributed by atoms with E-state index in [1.165, 1.54) is 11.1 Å². The van der Waals surface area contributed by atoms with Crippen molar-refractivity contribution in [1.82, 2.24) is 15.1 Å². The lowest BCUT2D eigenvalue weighted by molar-refractivity contribution is 0.694. The lowest BCUT2D eigenvalue weighted by atomic mass is 10.1. The van der Waals surface area contributed by atoms with Gasteiger partial charge in [0.2, 0.25) is 0 Å². The number of halogens is 1. The van der Waals surface area contributed by atoms with Gasteiger partial charge in [0, 0.05) is 30.4 Å². The highest BCUT2D eigenvalue weighted by molar-refractivity contribution is 5.85. The van der Waals surface area contributed by atoms with Crippen LogP contribution in [0.2, 0.25) is 0 Å². The van der Waals surface area contributed by atoms with Crippen molar-refractivity contribution >= 4 is 12.4 Å². The van der Waals surface area contributed by atoms with E-state index in [1.807, 2.05) is 35.0 Å². The van der Waals surface area contributed by atoms with Crippen LogP contribution < -0.4 is 5.32 Å². The van der Waals surface area contributed by atoms with Crippen LogP contribution >= 0.6 is 12.4 Å². The summed E-state index contributed by atoms with van der Waals surface area (Å²) in [4.78, 5) is 0. The normalized spacial score (nSPS) is 10.4. The molecule has 1 heterocycles. The maximum absolute atomic E-state index is 4.85. The van der Waals surface area contributed by atoms with Crippen LogP contribution in [0.15, 0.2) is 97.2 Å². The zero-order valence-corrected chi connectivity index (χ0v) is 15.8. The topological polar surface area (TPSA) is 29.9 Å². The van der Waals surface area contributed by atoms with Crippen LogP contribution in [-0.4, -0.2) is 9.78 Å². The predicted octanol–water partition coefficient (Wildman–Crippen LogP) is 5.25. The zero-order valence-electron chi connectivity index (χ0n) is 15.0. The van der Waals surface area contributed by atoms with Crippen LogP contribution in [0.3, 0.4) is 0 Å². The SMILES string of the molecule is Cl.c1ccc(CNCc2cn(-c3ccccc3)nc2-c2ccccc2)cc1. The fraction of sp³-hybridized carbons (Fsp3) is 0.0870. The van der Waals surface area contributed by atoms with Crippen LogP contribution in [0.1, 0.15) is 11.1 Å². The van der Waals surface area contributed by atoms with E-state index in [1.54, 1.807) is 0 Å². The van der Waals surface area contributed by atoms with Gasteiger partial charge in [-0.2, -0.15) is 5.10 Å². The van der Waals surface area contributed by atoms with Crippen molar-refractivity contribution in [2.45, 2.75) is 13.1 Å². The second-order valence-electron chi connectivity index (χ2n) is 6.24. The lowest BCUT2D eigenvalue weighted by Gasteiger charge is -2.05. The fourth-order valence-electron chi connectivity index (χ4n) is 3.03. The molecule has 0 bridgehead atoms. The second kappa shape index (κ2) is 9.17. The molecule has 136 valence electrons. The zero-order chi connectivity index (χ0) is 17.6. The summed E-state index contributed by atoms with van der Waals surface area (Å²) in [5, 5.41) is 8.39. The minimum atomic E-state index is 0. The molecular weight excluding hydrogens is 354 g/mol. The number of para-hydroxylation sites is 1. The third kappa shape index (κ3) is 4.64. The van der Waals surface area contributed by atoms with Crippen molar-refractivity contribution in [2.24, 2.45) is 0 Å². The fourth-order valence-corrected chi connectivity index (χ4v) is 3.03. The molecule has 0 saturated carbocycles. The molecule has 0 spiro atoms. The van der Waals surface area contributed by atoms with Crippen LogP contribution in [0.4, 0.5) is 0 Å². The molecule has 0 aliphatic heterocycles. The third-order valence-corrected chi connectivity index (χ3v) is 4.35. The van der Waals surface area contributed by atoms with Gasteiger partial charge in [-0.1, -0.05) is 78.9 Å². The first-order valence-corrected chi connectivity index (χ1v) is 8.84. The van der Waals surface area contributed by atoms with E-state index in [-0.39, 0.29) is 12.4 Å². The predicted molar refractivity (Wildman–Crippen MR) is 113 cm³/mol. The number of hydrogen-bond donors (Lipinski definition) is 1. The highest BCUT2D eigenvalue weighted by atomic mass is 35.5. The van der Waals surface area contributed by atoms with Gasteiger partial charge >= 0.3 is 0 Å². The Balaban J connectivity index is 0.00000210. The van der Waals surface area contributed by atoms with E-state index in [0.717, 1.165) is 30.0 Å². The van der Waals surface area contributed by atoms with Gasteiger partial charge in [0.1, 0.15) is 0 Å². The Hall–Kier alpha value is -2.88. The summed E-state index contributed by atoms with van der Waals surface area (Å²) >= 11 is 0. The molecule has 0 unspecified atom stereocenters. The first-order chi connectivity index (χ1) is 12.9. The second-order valence-corrected chi connectivity index (χ2v) is 6.24. The smallest absolute Gasteiger partial charge is 0.0972 e. The van der Waals surface area contributed by atoms with Crippen LogP contribution in [-0.2, 0) is 13.1 Å². The van der Waals surface area contributed by atoms with E-state index >= 15 is 0 Å². The van der Waals surface area contributed by atoms with E-state index < -0.39 is 0 Å². The quantitative estimate of drug-likeness (QED) is 0.498. The van der Waals surface area contributed by atoms with E-state index in [9.17, 15) is 0 Å². The molecule has 0 amide bonds. The first kappa shape index (κ1) is 18.9. The molecule has 0 radical (unpaired) electrons. The van der Waals surface area contributed by atoms with Crippen molar-refractivity contribution in [3.05, 3.63) is 108 Å². The molecule has 0 aliphatic rings. The average Bonchev–Trinajstić information content (AvgIpc) is 3.14. The maximum atomic E-state index is 4.85. The molecular formula is C23H22ClN3. The summed E-state index contributed by atoms with van der Waals surface area (Å²) in [5.41, 5.74) is 5.70. The molecule has 3 nitrogen and oxygen atoms in total. The Kier molecular flexibility index (Phi) is 6.42. The van der Waals surface area contributed by atoms with E-state index in [4.69, 9.17) is 5.10 Å². The molecule has 0 fully saturated rings. The summed E-state index contributed by atoms with van der Waals surface area (Å²) in [7, 11) is 0. The molecule has 0 atom stereocenters. The van der Waals surface area contributed by atoms with Crippen LogP contribution in [0.25, 0.3) is 16.9 Å².